The summed E-state index contributed by atoms with van der Waals surface area (Å²) in [5, 5.41) is 20.9. The van der Waals surface area contributed by atoms with Gasteiger partial charge < -0.3 is 9.84 Å². The van der Waals surface area contributed by atoms with E-state index in [1.165, 1.54) is 13.2 Å². The summed E-state index contributed by atoms with van der Waals surface area (Å²) >= 11 is 0. The minimum absolute atomic E-state index is 0.134. The number of carbonyl (C=O) groups excluding carboxylic acids is 1. The van der Waals surface area contributed by atoms with E-state index in [4.69, 9.17) is 0 Å². The van der Waals surface area contributed by atoms with Gasteiger partial charge in [0.1, 0.15) is 5.56 Å². The number of nitrogens with zero attached hydrogens (tertiary/aromatic N) is 1. The van der Waals surface area contributed by atoms with E-state index < -0.39 is 16.6 Å². The van der Waals surface area contributed by atoms with Gasteiger partial charge in [-0.05, 0) is 37.3 Å². The molecule has 0 aliphatic heterocycles. The zero-order valence-electron chi connectivity index (χ0n) is 9.93. The van der Waals surface area contributed by atoms with Gasteiger partial charge in [0.05, 0.1) is 12.0 Å². The van der Waals surface area contributed by atoms with Crippen molar-refractivity contribution in [3.05, 3.63) is 32.9 Å². The number of hydrogen-bond acceptors (Lipinski definition) is 5. The number of rotatable bonds is 2. The summed E-state index contributed by atoms with van der Waals surface area (Å²) in [4.78, 5) is 21.9. The average Bonchev–Trinajstić information content (AvgIpc) is 2.36. The molecule has 6 heteroatoms. The quantitative estimate of drug-likeness (QED) is 0.493. The van der Waals surface area contributed by atoms with Crippen molar-refractivity contribution in [2.75, 3.05) is 7.11 Å². The Balaban J connectivity index is 2.68. The smallest absolute Gasteiger partial charge is 0.341 e. The fourth-order valence-corrected chi connectivity index (χ4v) is 2.33. The van der Waals surface area contributed by atoms with Crippen molar-refractivity contribution in [3.63, 3.8) is 0 Å². The predicted octanol–water partition coefficient (Wildman–Crippen LogP) is 1.97. The van der Waals surface area contributed by atoms with E-state index in [-0.39, 0.29) is 11.3 Å². The maximum absolute atomic E-state index is 11.5. The molecule has 0 spiro atoms. The molecule has 0 fully saturated rings. The van der Waals surface area contributed by atoms with Crippen molar-refractivity contribution in [2.45, 2.75) is 25.7 Å². The van der Waals surface area contributed by atoms with Gasteiger partial charge in [-0.3, -0.25) is 10.1 Å². The van der Waals surface area contributed by atoms with Gasteiger partial charge in [0.15, 0.2) is 0 Å². The van der Waals surface area contributed by atoms with Gasteiger partial charge in [0.2, 0.25) is 5.75 Å². The number of fused-ring (bicyclic) bond motifs is 1. The van der Waals surface area contributed by atoms with Crippen LogP contribution in [0.15, 0.2) is 6.07 Å². The molecule has 0 heterocycles. The molecule has 96 valence electrons. The van der Waals surface area contributed by atoms with Crippen LogP contribution in [0.3, 0.4) is 0 Å². The molecule has 0 radical (unpaired) electrons. The first kappa shape index (κ1) is 12.3. The van der Waals surface area contributed by atoms with Crippen molar-refractivity contribution in [1.82, 2.24) is 0 Å². The molecule has 0 saturated carbocycles. The fourth-order valence-electron chi connectivity index (χ4n) is 2.33. The molecule has 18 heavy (non-hydrogen) atoms. The number of ether oxygens (including phenoxy) is 1. The number of nitro benzene ring substituents is 1. The van der Waals surface area contributed by atoms with Crippen LogP contribution in [0.2, 0.25) is 0 Å². The summed E-state index contributed by atoms with van der Waals surface area (Å²) in [5.74, 6) is -1.35. The lowest BCUT2D eigenvalue weighted by Gasteiger charge is -2.17. The van der Waals surface area contributed by atoms with E-state index in [1.807, 2.05) is 0 Å². The molecular formula is C12H13NO5. The number of phenols is 1. The normalized spacial score (nSPS) is 13.8. The standard InChI is InChI=1S/C12H13NO5/c1-18-12(15)9-6-7-4-2-3-5-8(7)10(11(9)14)13(16)17/h6,14H,2-5H2,1H3. The molecule has 1 N–H and O–H groups in total. The maximum Gasteiger partial charge on any atom is 0.341 e. The zero-order chi connectivity index (χ0) is 13.3. The first-order valence-electron chi connectivity index (χ1n) is 5.66. The lowest BCUT2D eigenvalue weighted by molar-refractivity contribution is -0.386. The van der Waals surface area contributed by atoms with Crippen molar-refractivity contribution >= 4 is 11.7 Å². The third kappa shape index (κ3) is 1.90. The molecule has 1 aromatic carbocycles. The second kappa shape index (κ2) is 4.64. The van der Waals surface area contributed by atoms with E-state index in [1.54, 1.807) is 0 Å². The van der Waals surface area contributed by atoms with Gasteiger partial charge in [-0.15, -0.1) is 0 Å². The monoisotopic (exact) mass is 251 g/mol. The molecular weight excluding hydrogens is 238 g/mol. The Morgan fingerprint density at radius 3 is 2.72 bits per heavy atom. The maximum atomic E-state index is 11.5. The van der Waals surface area contributed by atoms with Crippen molar-refractivity contribution in [2.24, 2.45) is 0 Å². The number of aryl methyl sites for hydroxylation is 1. The lowest BCUT2D eigenvalue weighted by Crippen LogP contribution is -2.11. The van der Waals surface area contributed by atoms with Crippen LogP contribution in [0.5, 0.6) is 5.75 Å². The second-order valence-corrected chi connectivity index (χ2v) is 4.21. The van der Waals surface area contributed by atoms with Crippen LogP contribution in [0, 0.1) is 10.1 Å². The predicted molar refractivity (Wildman–Crippen MR) is 62.7 cm³/mol. The van der Waals surface area contributed by atoms with Crippen LogP contribution in [0.25, 0.3) is 0 Å². The van der Waals surface area contributed by atoms with Gasteiger partial charge in [-0.1, -0.05) is 0 Å². The topological polar surface area (TPSA) is 89.7 Å². The first-order valence-corrected chi connectivity index (χ1v) is 5.66. The van der Waals surface area contributed by atoms with Crippen LogP contribution < -0.4 is 0 Å². The molecule has 0 amide bonds. The molecule has 0 saturated heterocycles. The number of methoxy groups -OCH3 is 1. The molecule has 2 rings (SSSR count). The van der Waals surface area contributed by atoms with Gasteiger partial charge >= 0.3 is 11.7 Å². The molecule has 0 unspecified atom stereocenters. The highest BCUT2D eigenvalue weighted by molar-refractivity contribution is 5.94. The number of nitro groups is 1. The van der Waals surface area contributed by atoms with Crippen LogP contribution >= 0.6 is 0 Å². The minimum atomic E-state index is -0.760. The third-order valence-corrected chi connectivity index (χ3v) is 3.18. The molecule has 1 aliphatic rings. The van der Waals surface area contributed by atoms with Gasteiger partial charge in [0, 0.05) is 5.56 Å². The Kier molecular flexibility index (Phi) is 3.18. The van der Waals surface area contributed by atoms with Gasteiger partial charge in [0.25, 0.3) is 0 Å². The summed E-state index contributed by atoms with van der Waals surface area (Å²) in [6, 6.07) is 1.50. The number of benzene rings is 1. The molecule has 0 aromatic heterocycles. The largest absolute Gasteiger partial charge is 0.501 e. The van der Waals surface area contributed by atoms with Crippen LogP contribution in [0.4, 0.5) is 5.69 Å². The Labute approximate surface area is 103 Å². The molecule has 6 nitrogen and oxygen atoms in total. The number of hydrogen-bond donors (Lipinski definition) is 1. The minimum Gasteiger partial charge on any atom is -0.501 e. The zero-order valence-corrected chi connectivity index (χ0v) is 9.93. The number of esters is 1. The van der Waals surface area contributed by atoms with Crippen molar-refractivity contribution in [1.29, 1.82) is 0 Å². The van der Waals surface area contributed by atoms with Gasteiger partial charge in [-0.25, -0.2) is 4.79 Å². The Bertz CT molecular complexity index is 524. The summed E-state index contributed by atoms with van der Waals surface area (Å²) < 4.78 is 4.52. The summed E-state index contributed by atoms with van der Waals surface area (Å²) in [5.41, 5.74) is 0.806. The molecule has 1 aromatic rings. The first-order chi connectivity index (χ1) is 8.56. The van der Waals surface area contributed by atoms with E-state index >= 15 is 0 Å². The van der Waals surface area contributed by atoms with E-state index in [2.05, 4.69) is 4.74 Å². The van der Waals surface area contributed by atoms with Crippen LogP contribution in [0.1, 0.15) is 34.3 Å². The van der Waals surface area contributed by atoms with Crippen LogP contribution in [-0.2, 0) is 17.6 Å². The van der Waals surface area contributed by atoms with E-state index in [0.717, 1.165) is 18.4 Å². The highest BCUT2D eigenvalue weighted by Gasteiger charge is 2.30. The number of phenolic OH excluding ortho intramolecular Hbond substituents is 1. The van der Waals surface area contributed by atoms with Crippen molar-refractivity contribution in [3.8, 4) is 5.75 Å². The van der Waals surface area contributed by atoms with E-state index in [0.29, 0.717) is 18.4 Å². The fraction of sp³-hybridized carbons (Fsp3) is 0.417. The number of aromatic hydroxyl groups is 1. The molecule has 0 atom stereocenters. The highest BCUT2D eigenvalue weighted by Crippen LogP contribution is 2.39. The SMILES string of the molecule is COC(=O)c1cc2c(c([N+](=O)[O-])c1O)CCCC2. The lowest BCUT2D eigenvalue weighted by atomic mass is 9.88. The Morgan fingerprint density at radius 2 is 2.11 bits per heavy atom. The van der Waals surface area contributed by atoms with Crippen molar-refractivity contribution < 1.29 is 19.6 Å². The van der Waals surface area contributed by atoms with E-state index in [9.17, 15) is 20.0 Å². The summed E-state index contributed by atoms with van der Waals surface area (Å²) in [7, 11) is 1.17. The average molecular weight is 251 g/mol. The molecule has 1 aliphatic carbocycles. The second-order valence-electron chi connectivity index (χ2n) is 4.21. The summed E-state index contributed by atoms with van der Waals surface area (Å²) in [6.07, 6.45) is 3.02. The Morgan fingerprint density at radius 1 is 1.44 bits per heavy atom. The van der Waals surface area contributed by atoms with Crippen LogP contribution in [-0.4, -0.2) is 23.1 Å². The third-order valence-electron chi connectivity index (χ3n) is 3.18. The Hall–Kier alpha value is -2.11. The molecule has 0 bridgehead atoms. The highest BCUT2D eigenvalue weighted by atomic mass is 16.6. The van der Waals surface area contributed by atoms with Gasteiger partial charge in [-0.2, -0.15) is 0 Å². The number of carbonyl (C=O) groups is 1. The summed E-state index contributed by atoms with van der Waals surface area (Å²) in [6.45, 7) is 0.